The van der Waals surface area contributed by atoms with Crippen LogP contribution in [0.1, 0.15) is 5.56 Å². The van der Waals surface area contributed by atoms with E-state index in [1.807, 2.05) is 6.07 Å². The van der Waals surface area contributed by atoms with Gasteiger partial charge in [0.05, 0.1) is 17.4 Å². The fourth-order valence-electron chi connectivity index (χ4n) is 1.67. The van der Waals surface area contributed by atoms with Crippen LogP contribution in [0.3, 0.4) is 0 Å². The van der Waals surface area contributed by atoms with Crippen LogP contribution in [0.25, 0.3) is 0 Å². The molecular formula is C17H14FN3O3S. The number of carbonyl (C=O) groups is 2. The van der Waals surface area contributed by atoms with Gasteiger partial charge in [0.25, 0.3) is 5.91 Å². The van der Waals surface area contributed by atoms with Gasteiger partial charge in [-0.3, -0.25) is 20.4 Å². The van der Waals surface area contributed by atoms with Crippen molar-refractivity contribution in [3.05, 3.63) is 59.9 Å². The predicted octanol–water partition coefficient (Wildman–Crippen LogP) is 2.02. The van der Waals surface area contributed by atoms with Crippen LogP contribution in [-0.4, -0.2) is 24.2 Å². The number of amides is 2. The van der Waals surface area contributed by atoms with E-state index in [2.05, 4.69) is 10.9 Å². The first-order valence-electron chi connectivity index (χ1n) is 7.16. The number of nitrogens with one attached hydrogen (secondary N) is 2. The van der Waals surface area contributed by atoms with Gasteiger partial charge in [-0.1, -0.05) is 0 Å². The Morgan fingerprint density at radius 2 is 1.68 bits per heavy atom. The SMILES string of the molecule is N#Cc1ccc(OCC(=O)NNC(=O)CSc2ccc(F)cc2)cc1. The Hall–Kier alpha value is -3.05. The summed E-state index contributed by atoms with van der Waals surface area (Å²) in [5, 5.41) is 8.68. The van der Waals surface area contributed by atoms with E-state index in [-0.39, 0.29) is 18.2 Å². The minimum absolute atomic E-state index is 0.0718. The highest BCUT2D eigenvalue weighted by molar-refractivity contribution is 8.00. The summed E-state index contributed by atoms with van der Waals surface area (Å²) >= 11 is 1.21. The fraction of sp³-hybridized carbons (Fsp3) is 0.118. The Labute approximate surface area is 148 Å². The summed E-state index contributed by atoms with van der Waals surface area (Å²) in [7, 11) is 0. The lowest BCUT2D eigenvalue weighted by Gasteiger charge is -2.09. The first-order chi connectivity index (χ1) is 12.1. The molecule has 0 spiro atoms. The summed E-state index contributed by atoms with van der Waals surface area (Å²) in [5.41, 5.74) is 4.98. The lowest BCUT2D eigenvalue weighted by atomic mass is 10.2. The number of benzene rings is 2. The number of hydrazine groups is 1. The molecule has 0 bridgehead atoms. The van der Waals surface area contributed by atoms with Gasteiger partial charge in [-0.15, -0.1) is 11.8 Å². The van der Waals surface area contributed by atoms with Gasteiger partial charge in [0.2, 0.25) is 5.91 Å². The number of ether oxygens (including phenoxy) is 1. The van der Waals surface area contributed by atoms with Crippen molar-refractivity contribution in [3.8, 4) is 11.8 Å². The van der Waals surface area contributed by atoms with Crippen LogP contribution < -0.4 is 15.6 Å². The number of rotatable bonds is 6. The van der Waals surface area contributed by atoms with Crippen LogP contribution in [0.2, 0.25) is 0 Å². The predicted molar refractivity (Wildman–Crippen MR) is 90.1 cm³/mol. The lowest BCUT2D eigenvalue weighted by molar-refractivity contribution is -0.128. The molecule has 25 heavy (non-hydrogen) atoms. The maximum absolute atomic E-state index is 12.8. The molecule has 0 aromatic heterocycles. The third-order valence-corrected chi connectivity index (χ3v) is 3.89. The van der Waals surface area contributed by atoms with Gasteiger partial charge in [0, 0.05) is 4.90 Å². The largest absolute Gasteiger partial charge is 0.484 e. The van der Waals surface area contributed by atoms with Crippen LogP contribution in [0.5, 0.6) is 5.75 Å². The molecule has 6 nitrogen and oxygen atoms in total. The zero-order valence-electron chi connectivity index (χ0n) is 13.0. The van der Waals surface area contributed by atoms with Crippen molar-refractivity contribution in [3.63, 3.8) is 0 Å². The summed E-state index contributed by atoms with van der Waals surface area (Å²) in [4.78, 5) is 24.0. The van der Waals surface area contributed by atoms with Crippen LogP contribution in [0.15, 0.2) is 53.4 Å². The third kappa shape index (κ3) is 6.53. The number of hydrogen-bond donors (Lipinski definition) is 2. The van der Waals surface area contributed by atoms with Crippen molar-refractivity contribution < 1.29 is 18.7 Å². The Kier molecular flexibility index (Phi) is 6.80. The summed E-state index contributed by atoms with van der Waals surface area (Å²) < 4.78 is 18.0. The summed E-state index contributed by atoms with van der Waals surface area (Å²) in [5.74, 6) is -0.760. The van der Waals surface area contributed by atoms with Crippen molar-refractivity contribution in [2.45, 2.75) is 4.90 Å². The van der Waals surface area contributed by atoms with E-state index in [0.29, 0.717) is 11.3 Å². The van der Waals surface area contributed by atoms with Gasteiger partial charge in [0.15, 0.2) is 6.61 Å². The number of thioether (sulfide) groups is 1. The number of hydrogen-bond acceptors (Lipinski definition) is 5. The second-order valence-corrected chi connectivity index (χ2v) is 5.81. The van der Waals surface area contributed by atoms with Gasteiger partial charge < -0.3 is 4.74 Å². The van der Waals surface area contributed by atoms with E-state index in [4.69, 9.17) is 10.00 Å². The molecule has 0 aliphatic rings. The van der Waals surface area contributed by atoms with Crippen molar-refractivity contribution >= 4 is 23.6 Å². The highest BCUT2D eigenvalue weighted by atomic mass is 32.2. The molecule has 0 heterocycles. The molecule has 2 rings (SSSR count). The average Bonchev–Trinajstić information content (AvgIpc) is 2.64. The Balaban J connectivity index is 1.65. The summed E-state index contributed by atoms with van der Waals surface area (Å²) in [6.07, 6.45) is 0. The zero-order valence-corrected chi connectivity index (χ0v) is 13.8. The molecule has 0 aliphatic carbocycles. The molecule has 0 radical (unpaired) electrons. The smallest absolute Gasteiger partial charge is 0.276 e. The van der Waals surface area contributed by atoms with Crippen LogP contribution >= 0.6 is 11.8 Å². The van der Waals surface area contributed by atoms with Crippen LogP contribution in [0, 0.1) is 17.1 Å². The Morgan fingerprint density at radius 1 is 1.04 bits per heavy atom. The maximum Gasteiger partial charge on any atom is 0.276 e. The summed E-state index contributed by atoms with van der Waals surface area (Å²) in [6.45, 7) is -0.280. The quantitative estimate of drug-likeness (QED) is 0.608. The van der Waals surface area contributed by atoms with E-state index in [1.165, 1.54) is 23.9 Å². The topological polar surface area (TPSA) is 91.2 Å². The first-order valence-corrected chi connectivity index (χ1v) is 8.14. The molecule has 0 aliphatic heterocycles. The molecule has 0 unspecified atom stereocenters. The third-order valence-electron chi connectivity index (χ3n) is 2.88. The van der Waals surface area contributed by atoms with Gasteiger partial charge in [0.1, 0.15) is 11.6 Å². The van der Waals surface area contributed by atoms with Crippen molar-refractivity contribution in [1.82, 2.24) is 10.9 Å². The summed E-state index contributed by atoms with van der Waals surface area (Å²) in [6, 6.07) is 14.0. The normalized spacial score (nSPS) is 9.76. The number of halogens is 1. The van der Waals surface area contributed by atoms with Gasteiger partial charge in [-0.25, -0.2) is 4.39 Å². The monoisotopic (exact) mass is 359 g/mol. The molecule has 0 saturated carbocycles. The molecule has 2 aromatic rings. The van der Waals surface area contributed by atoms with Gasteiger partial charge in [-0.05, 0) is 48.5 Å². The lowest BCUT2D eigenvalue weighted by Crippen LogP contribution is -2.44. The number of nitrogens with zero attached hydrogens (tertiary/aromatic N) is 1. The second kappa shape index (κ2) is 9.30. The average molecular weight is 359 g/mol. The van der Waals surface area contributed by atoms with Crippen LogP contribution in [-0.2, 0) is 9.59 Å². The van der Waals surface area contributed by atoms with E-state index >= 15 is 0 Å². The molecule has 8 heteroatoms. The number of nitriles is 1. The van der Waals surface area contributed by atoms with Crippen molar-refractivity contribution in [2.24, 2.45) is 0 Å². The van der Waals surface area contributed by atoms with E-state index in [1.54, 1.807) is 36.4 Å². The Bertz CT molecular complexity index is 773. The molecular weight excluding hydrogens is 345 g/mol. The molecule has 128 valence electrons. The molecule has 2 aromatic carbocycles. The van der Waals surface area contributed by atoms with Gasteiger partial charge in [-0.2, -0.15) is 5.26 Å². The highest BCUT2D eigenvalue weighted by Gasteiger charge is 2.07. The van der Waals surface area contributed by atoms with E-state index in [9.17, 15) is 14.0 Å². The number of carbonyl (C=O) groups excluding carboxylic acids is 2. The standard InChI is InChI=1S/C17H14FN3O3S/c18-13-3-7-15(8-4-13)25-11-17(23)21-20-16(22)10-24-14-5-1-12(9-19)2-6-14/h1-8H,10-11H2,(H,20,22)(H,21,23). The van der Waals surface area contributed by atoms with Crippen LogP contribution in [0.4, 0.5) is 4.39 Å². The molecule has 0 saturated heterocycles. The van der Waals surface area contributed by atoms with Gasteiger partial charge >= 0.3 is 0 Å². The second-order valence-electron chi connectivity index (χ2n) is 4.76. The van der Waals surface area contributed by atoms with Crippen molar-refractivity contribution in [2.75, 3.05) is 12.4 Å². The maximum atomic E-state index is 12.8. The van der Waals surface area contributed by atoms with E-state index in [0.717, 1.165) is 4.90 Å². The Morgan fingerprint density at radius 3 is 2.32 bits per heavy atom. The zero-order chi connectivity index (χ0) is 18.1. The molecule has 2 amide bonds. The highest BCUT2D eigenvalue weighted by Crippen LogP contribution is 2.17. The minimum atomic E-state index is -0.524. The fourth-order valence-corrected chi connectivity index (χ4v) is 2.36. The van der Waals surface area contributed by atoms with E-state index < -0.39 is 11.8 Å². The van der Waals surface area contributed by atoms with Crippen molar-refractivity contribution in [1.29, 1.82) is 5.26 Å². The molecule has 0 atom stereocenters. The minimum Gasteiger partial charge on any atom is -0.484 e. The molecule has 0 fully saturated rings. The molecule has 2 N–H and O–H groups in total. The first kappa shape index (κ1) is 18.3.